The summed E-state index contributed by atoms with van der Waals surface area (Å²) in [4.78, 5) is 11.6. The van der Waals surface area contributed by atoms with Gasteiger partial charge in [0.05, 0.1) is 6.26 Å². The molecule has 0 radical (unpaired) electrons. The first-order valence-electron chi connectivity index (χ1n) is 5.28. The maximum atomic E-state index is 13.0. The zero-order chi connectivity index (χ0) is 13.8. The van der Waals surface area contributed by atoms with Gasteiger partial charge in [0, 0.05) is 18.7 Å². The van der Waals surface area contributed by atoms with Crippen LogP contribution in [0.2, 0.25) is 0 Å². The molecule has 1 amide bonds. The summed E-state index contributed by atoms with van der Waals surface area (Å²) >= 11 is 0. The van der Waals surface area contributed by atoms with Gasteiger partial charge in [-0.05, 0) is 30.7 Å². The van der Waals surface area contributed by atoms with Crippen molar-refractivity contribution in [1.82, 2.24) is 10.0 Å². The van der Waals surface area contributed by atoms with Crippen molar-refractivity contribution in [2.24, 2.45) is 0 Å². The molecule has 0 saturated heterocycles. The van der Waals surface area contributed by atoms with E-state index in [1.807, 2.05) is 0 Å². The summed E-state index contributed by atoms with van der Waals surface area (Å²) in [6.45, 7) is 1.85. The zero-order valence-electron chi connectivity index (χ0n) is 10.2. The predicted molar refractivity (Wildman–Crippen MR) is 66.3 cm³/mol. The number of halogens is 1. The van der Waals surface area contributed by atoms with Gasteiger partial charge in [-0.3, -0.25) is 4.79 Å². The molecule has 7 heteroatoms. The van der Waals surface area contributed by atoms with E-state index >= 15 is 0 Å². The van der Waals surface area contributed by atoms with E-state index in [0.29, 0.717) is 11.1 Å². The number of benzene rings is 1. The minimum atomic E-state index is -3.25. The van der Waals surface area contributed by atoms with Crippen LogP contribution in [-0.4, -0.2) is 33.7 Å². The zero-order valence-corrected chi connectivity index (χ0v) is 11.0. The summed E-state index contributed by atoms with van der Waals surface area (Å²) in [5, 5.41) is 2.53. The number of hydrogen-bond acceptors (Lipinski definition) is 3. The van der Waals surface area contributed by atoms with Crippen LogP contribution in [0.4, 0.5) is 4.39 Å². The number of carbonyl (C=O) groups excluding carboxylic acids is 1. The summed E-state index contributed by atoms with van der Waals surface area (Å²) in [6.07, 6.45) is 1.04. The van der Waals surface area contributed by atoms with Crippen LogP contribution in [-0.2, 0) is 10.0 Å². The minimum absolute atomic E-state index is 0.116. The van der Waals surface area contributed by atoms with Crippen molar-refractivity contribution >= 4 is 15.9 Å². The molecular weight excluding hydrogens is 259 g/mol. The second-order valence-electron chi connectivity index (χ2n) is 3.89. The molecule has 100 valence electrons. The molecule has 0 heterocycles. The molecule has 18 heavy (non-hydrogen) atoms. The Morgan fingerprint density at radius 3 is 2.56 bits per heavy atom. The standard InChI is InChI=1S/C11H15FN2O3S/c1-8-7-9(3-4-10(8)12)11(15)13-5-6-14-18(2,16)17/h3-4,7,14H,5-6H2,1-2H3,(H,13,15). The largest absolute Gasteiger partial charge is 0.351 e. The van der Waals surface area contributed by atoms with Gasteiger partial charge in [-0.15, -0.1) is 0 Å². The van der Waals surface area contributed by atoms with Crippen molar-refractivity contribution in [2.45, 2.75) is 6.92 Å². The van der Waals surface area contributed by atoms with E-state index in [-0.39, 0.29) is 24.8 Å². The third kappa shape index (κ3) is 4.80. The van der Waals surface area contributed by atoms with Crippen molar-refractivity contribution in [3.05, 3.63) is 35.1 Å². The molecule has 0 aliphatic heterocycles. The lowest BCUT2D eigenvalue weighted by atomic mass is 10.1. The molecule has 0 aromatic heterocycles. The monoisotopic (exact) mass is 274 g/mol. The highest BCUT2D eigenvalue weighted by molar-refractivity contribution is 7.88. The first kappa shape index (κ1) is 14.6. The molecule has 0 spiro atoms. The molecule has 0 bridgehead atoms. The van der Waals surface area contributed by atoms with Gasteiger partial charge < -0.3 is 5.32 Å². The fraction of sp³-hybridized carbons (Fsp3) is 0.364. The van der Waals surface area contributed by atoms with Crippen molar-refractivity contribution in [3.8, 4) is 0 Å². The second kappa shape index (κ2) is 5.92. The van der Waals surface area contributed by atoms with Crippen LogP contribution in [0.3, 0.4) is 0 Å². The maximum absolute atomic E-state index is 13.0. The van der Waals surface area contributed by atoms with Crippen LogP contribution in [0.15, 0.2) is 18.2 Å². The number of sulfonamides is 1. The number of carbonyl (C=O) groups is 1. The van der Waals surface area contributed by atoms with E-state index in [2.05, 4.69) is 10.0 Å². The van der Waals surface area contributed by atoms with Crippen molar-refractivity contribution in [3.63, 3.8) is 0 Å². The first-order chi connectivity index (χ1) is 8.29. The minimum Gasteiger partial charge on any atom is -0.351 e. The summed E-state index contributed by atoms with van der Waals surface area (Å²) < 4.78 is 36.8. The van der Waals surface area contributed by atoms with Gasteiger partial charge in [0.2, 0.25) is 10.0 Å². The Hall–Kier alpha value is -1.47. The van der Waals surface area contributed by atoms with Gasteiger partial charge >= 0.3 is 0 Å². The van der Waals surface area contributed by atoms with Crippen LogP contribution in [0.25, 0.3) is 0 Å². The Kier molecular flexibility index (Phi) is 4.80. The summed E-state index contributed by atoms with van der Waals surface area (Å²) in [5.74, 6) is -0.737. The fourth-order valence-electron chi connectivity index (χ4n) is 1.30. The molecule has 2 N–H and O–H groups in total. The number of rotatable bonds is 5. The number of hydrogen-bond donors (Lipinski definition) is 2. The summed E-state index contributed by atoms with van der Waals surface area (Å²) in [6, 6.07) is 4.04. The van der Waals surface area contributed by atoms with Gasteiger partial charge in [-0.2, -0.15) is 0 Å². The Balaban J connectivity index is 2.48. The molecule has 0 fully saturated rings. The van der Waals surface area contributed by atoms with E-state index in [4.69, 9.17) is 0 Å². The highest BCUT2D eigenvalue weighted by atomic mass is 32.2. The van der Waals surface area contributed by atoms with Crippen LogP contribution in [0.5, 0.6) is 0 Å². The van der Waals surface area contributed by atoms with E-state index in [1.165, 1.54) is 18.2 Å². The lowest BCUT2D eigenvalue weighted by molar-refractivity contribution is 0.0954. The molecule has 1 aromatic carbocycles. The Labute approximate surface area is 105 Å². The van der Waals surface area contributed by atoms with Crippen molar-refractivity contribution < 1.29 is 17.6 Å². The molecule has 5 nitrogen and oxygen atoms in total. The number of amides is 1. The van der Waals surface area contributed by atoms with Gasteiger partial charge in [0.1, 0.15) is 5.82 Å². The molecule has 0 aliphatic carbocycles. The van der Waals surface area contributed by atoms with E-state index in [9.17, 15) is 17.6 Å². The van der Waals surface area contributed by atoms with Crippen LogP contribution in [0, 0.1) is 12.7 Å². The molecule has 1 aromatic rings. The average Bonchev–Trinajstić information content (AvgIpc) is 2.26. The maximum Gasteiger partial charge on any atom is 0.251 e. The van der Waals surface area contributed by atoms with Gasteiger partial charge in [-0.25, -0.2) is 17.5 Å². The SMILES string of the molecule is Cc1cc(C(=O)NCCNS(C)(=O)=O)ccc1F. The Bertz CT molecular complexity index is 543. The summed E-state index contributed by atoms with van der Waals surface area (Å²) in [5.41, 5.74) is 0.727. The normalized spacial score (nSPS) is 11.3. The number of aryl methyl sites for hydroxylation is 1. The van der Waals surface area contributed by atoms with Crippen LogP contribution < -0.4 is 10.0 Å². The van der Waals surface area contributed by atoms with Gasteiger partial charge in [0.15, 0.2) is 0 Å². The number of nitrogens with one attached hydrogen (secondary N) is 2. The third-order valence-electron chi connectivity index (χ3n) is 2.19. The first-order valence-corrected chi connectivity index (χ1v) is 7.18. The quantitative estimate of drug-likeness (QED) is 0.764. The average molecular weight is 274 g/mol. The molecule has 0 atom stereocenters. The summed E-state index contributed by atoms with van der Waals surface area (Å²) in [7, 11) is -3.25. The predicted octanol–water partition coefficient (Wildman–Crippen LogP) is 0.413. The molecule has 0 unspecified atom stereocenters. The molecular formula is C11H15FN2O3S. The smallest absolute Gasteiger partial charge is 0.251 e. The highest BCUT2D eigenvalue weighted by Gasteiger charge is 2.07. The third-order valence-corrected chi connectivity index (χ3v) is 2.92. The Morgan fingerprint density at radius 2 is 2.00 bits per heavy atom. The van der Waals surface area contributed by atoms with Crippen LogP contribution >= 0.6 is 0 Å². The molecule has 0 aliphatic rings. The highest BCUT2D eigenvalue weighted by Crippen LogP contribution is 2.08. The lowest BCUT2D eigenvalue weighted by Gasteiger charge is -2.06. The van der Waals surface area contributed by atoms with E-state index in [1.54, 1.807) is 6.92 Å². The topological polar surface area (TPSA) is 75.3 Å². The van der Waals surface area contributed by atoms with Gasteiger partial charge in [0.25, 0.3) is 5.91 Å². The lowest BCUT2D eigenvalue weighted by Crippen LogP contribution is -2.34. The van der Waals surface area contributed by atoms with E-state index in [0.717, 1.165) is 6.26 Å². The van der Waals surface area contributed by atoms with Crippen LogP contribution in [0.1, 0.15) is 15.9 Å². The van der Waals surface area contributed by atoms with Crippen molar-refractivity contribution in [1.29, 1.82) is 0 Å². The Morgan fingerprint density at radius 1 is 1.33 bits per heavy atom. The fourth-order valence-corrected chi connectivity index (χ4v) is 1.77. The molecule has 1 rings (SSSR count). The van der Waals surface area contributed by atoms with E-state index < -0.39 is 10.0 Å². The van der Waals surface area contributed by atoms with Gasteiger partial charge in [-0.1, -0.05) is 0 Å². The molecule has 0 saturated carbocycles. The second-order valence-corrected chi connectivity index (χ2v) is 5.72. The van der Waals surface area contributed by atoms with Crippen molar-refractivity contribution in [2.75, 3.05) is 19.3 Å².